The molecule has 0 aliphatic heterocycles. The van der Waals surface area contributed by atoms with Crippen LogP contribution in [0.5, 0.6) is 0 Å². The Morgan fingerprint density at radius 1 is 0.364 bits per heavy atom. The summed E-state index contributed by atoms with van der Waals surface area (Å²) in [6.45, 7) is 0. The summed E-state index contributed by atoms with van der Waals surface area (Å²) in [7, 11) is 0. The smallest absolute Gasteiger partial charge is 0.0998 e. The molecular formula is C50H29N5. The number of fused-ring (bicyclic) bond motifs is 9. The Morgan fingerprint density at radius 3 is 1.56 bits per heavy atom. The molecule has 55 heavy (non-hydrogen) atoms. The molecule has 11 aromatic rings. The van der Waals surface area contributed by atoms with Crippen LogP contribution in [0.2, 0.25) is 0 Å². The maximum Gasteiger partial charge on any atom is 0.0998 e. The second-order valence-corrected chi connectivity index (χ2v) is 14.0. The fraction of sp³-hybridized carbons (Fsp3) is 0. The van der Waals surface area contributed by atoms with Crippen molar-refractivity contribution >= 4 is 65.4 Å². The molecule has 5 nitrogen and oxygen atoms in total. The number of nitriles is 2. The normalized spacial score (nSPS) is 11.6. The van der Waals surface area contributed by atoms with Crippen LogP contribution in [-0.4, -0.2) is 13.7 Å². The van der Waals surface area contributed by atoms with Gasteiger partial charge in [-0.05, 0) is 78.4 Å². The number of hydrogen-bond acceptors (Lipinski definition) is 2. The summed E-state index contributed by atoms with van der Waals surface area (Å²) in [6.07, 6.45) is 0. The van der Waals surface area contributed by atoms with E-state index in [4.69, 9.17) is 0 Å². The van der Waals surface area contributed by atoms with Crippen molar-refractivity contribution in [2.24, 2.45) is 0 Å². The topological polar surface area (TPSA) is 62.4 Å². The molecule has 0 saturated carbocycles. The van der Waals surface area contributed by atoms with Gasteiger partial charge >= 0.3 is 0 Å². The maximum absolute atomic E-state index is 10.8. The van der Waals surface area contributed by atoms with Gasteiger partial charge in [0.25, 0.3) is 0 Å². The number of rotatable bonds is 4. The van der Waals surface area contributed by atoms with Crippen LogP contribution >= 0.6 is 0 Å². The van der Waals surface area contributed by atoms with Gasteiger partial charge in [0, 0.05) is 43.6 Å². The van der Waals surface area contributed by atoms with Crippen molar-refractivity contribution < 1.29 is 0 Å². The number of hydrogen-bond donors (Lipinski definition) is 0. The summed E-state index contributed by atoms with van der Waals surface area (Å²) >= 11 is 0. The number of nitrogens with zero attached hydrogens (tertiary/aromatic N) is 5. The molecule has 0 aliphatic carbocycles. The van der Waals surface area contributed by atoms with Crippen LogP contribution in [0.4, 0.5) is 0 Å². The number of aromatic nitrogens is 3. The lowest BCUT2D eigenvalue weighted by Gasteiger charge is -2.19. The standard InChI is InChI=1S/C50H29N5/c51-30-32-26-27-46-41(28-32)39-18-4-5-20-42(39)53(46)35-14-9-12-33(29-35)49-34(31-52)13-10-24-47(49)55-45-23-8-3-17-38(45)40-19-11-25-48(50(40)55)54-43-21-6-1-15-36(43)37-16-2-7-22-44(37)54/h1-29H. The Hall–Kier alpha value is -7.86. The summed E-state index contributed by atoms with van der Waals surface area (Å²) in [5.41, 5.74) is 12.5. The molecule has 0 aliphatic rings. The van der Waals surface area contributed by atoms with Gasteiger partial charge in [0.2, 0.25) is 0 Å². The summed E-state index contributed by atoms with van der Waals surface area (Å²) in [5, 5.41) is 27.3. The minimum atomic E-state index is 0.593. The molecule has 0 spiro atoms. The van der Waals surface area contributed by atoms with E-state index in [1.54, 1.807) is 0 Å². The molecule has 0 fully saturated rings. The summed E-state index contributed by atoms with van der Waals surface area (Å²) < 4.78 is 7.00. The lowest BCUT2D eigenvalue weighted by molar-refractivity contribution is 1.13. The van der Waals surface area contributed by atoms with Crippen molar-refractivity contribution in [3.63, 3.8) is 0 Å². The van der Waals surface area contributed by atoms with Crippen molar-refractivity contribution in [2.75, 3.05) is 0 Å². The van der Waals surface area contributed by atoms with E-state index in [9.17, 15) is 10.5 Å². The largest absolute Gasteiger partial charge is 0.309 e. The van der Waals surface area contributed by atoms with Gasteiger partial charge < -0.3 is 13.7 Å². The van der Waals surface area contributed by atoms with E-state index in [2.05, 4.69) is 159 Å². The zero-order chi connectivity index (χ0) is 36.6. The Labute approximate surface area is 316 Å². The van der Waals surface area contributed by atoms with E-state index in [0.717, 1.165) is 82.8 Å². The van der Waals surface area contributed by atoms with Crippen molar-refractivity contribution in [2.45, 2.75) is 0 Å². The Morgan fingerprint density at radius 2 is 0.891 bits per heavy atom. The summed E-state index contributed by atoms with van der Waals surface area (Å²) in [4.78, 5) is 0. The van der Waals surface area contributed by atoms with Crippen molar-refractivity contribution in [1.82, 2.24) is 13.7 Å². The fourth-order valence-electron chi connectivity index (χ4n) is 8.86. The van der Waals surface area contributed by atoms with E-state index in [1.165, 1.54) is 10.8 Å². The molecule has 0 radical (unpaired) electrons. The second kappa shape index (κ2) is 11.8. The second-order valence-electron chi connectivity index (χ2n) is 14.0. The van der Waals surface area contributed by atoms with E-state index >= 15 is 0 Å². The first kappa shape index (κ1) is 30.7. The highest BCUT2D eigenvalue weighted by Gasteiger charge is 2.23. The lowest BCUT2D eigenvalue weighted by Crippen LogP contribution is -2.03. The summed E-state index contributed by atoms with van der Waals surface area (Å²) in [5.74, 6) is 0. The number of para-hydroxylation sites is 5. The first-order valence-corrected chi connectivity index (χ1v) is 18.3. The van der Waals surface area contributed by atoms with Crippen LogP contribution in [-0.2, 0) is 0 Å². The third-order valence-corrected chi connectivity index (χ3v) is 11.1. The van der Waals surface area contributed by atoms with Crippen LogP contribution in [0.1, 0.15) is 11.1 Å². The molecule has 0 amide bonds. The molecule has 0 N–H and O–H groups in total. The molecule has 0 unspecified atom stereocenters. The molecule has 5 heteroatoms. The van der Waals surface area contributed by atoms with Crippen molar-refractivity contribution in [1.29, 1.82) is 10.5 Å². The van der Waals surface area contributed by atoms with E-state index < -0.39 is 0 Å². The molecule has 8 aromatic carbocycles. The Bertz CT molecular complexity index is 3420. The van der Waals surface area contributed by atoms with Crippen LogP contribution < -0.4 is 0 Å². The van der Waals surface area contributed by atoms with Gasteiger partial charge in [0.15, 0.2) is 0 Å². The van der Waals surface area contributed by atoms with Gasteiger partial charge in [-0.1, -0.05) is 103 Å². The SMILES string of the molecule is N#Cc1ccc2c(c1)c1ccccc1n2-c1cccc(-c2c(C#N)cccc2-n2c3ccccc3c3cccc(-n4c5ccccc5c5ccccc54)c32)c1. The number of benzene rings is 8. The molecule has 254 valence electrons. The third kappa shape index (κ3) is 4.39. The average Bonchev–Trinajstić information content (AvgIpc) is 3.89. The minimum Gasteiger partial charge on any atom is -0.309 e. The van der Waals surface area contributed by atoms with Crippen molar-refractivity contribution in [3.05, 3.63) is 187 Å². The summed E-state index contributed by atoms with van der Waals surface area (Å²) in [6, 6.07) is 65.9. The fourth-order valence-corrected chi connectivity index (χ4v) is 8.86. The third-order valence-electron chi connectivity index (χ3n) is 11.1. The maximum atomic E-state index is 10.8. The van der Waals surface area contributed by atoms with Crippen molar-refractivity contribution in [3.8, 4) is 40.3 Å². The Balaban J connectivity index is 1.22. The van der Waals surface area contributed by atoms with Gasteiger partial charge in [0.1, 0.15) is 0 Å². The van der Waals surface area contributed by atoms with Gasteiger partial charge in [0.05, 0.1) is 67.7 Å². The zero-order valence-electron chi connectivity index (χ0n) is 29.5. The highest BCUT2D eigenvalue weighted by molar-refractivity contribution is 6.15. The van der Waals surface area contributed by atoms with Crippen LogP contribution in [0.15, 0.2) is 176 Å². The molecule has 0 atom stereocenters. The molecule has 11 rings (SSSR count). The minimum absolute atomic E-state index is 0.593. The highest BCUT2D eigenvalue weighted by atomic mass is 15.1. The molecular weight excluding hydrogens is 671 g/mol. The van der Waals surface area contributed by atoms with Gasteiger partial charge in [-0.25, -0.2) is 0 Å². The van der Waals surface area contributed by atoms with Crippen LogP contribution in [0, 0.1) is 22.7 Å². The predicted octanol–water partition coefficient (Wildman–Crippen LogP) is 12.4. The van der Waals surface area contributed by atoms with Crippen LogP contribution in [0.25, 0.3) is 93.6 Å². The predicted molar refractivity (Wildman–Crippen MR) is 224 cm³/mol. The van der Waals surface area contributed by atoms with Gasteiger partial charge in [-0.15, -0.1) is 0 Å². The zero-order valence-corrected chi connectivity index (χ0v) is 29.5. The molecule has 0 saturated heterocycles. The van der Waals surface area contributed by atoms with E-state index in [0.29, 0.717) is 11.1 Å². The average molecular weight is 700 g/mol. The highest BCUT2D eigenvalue weighted by Crippen LogP contribution is 2.43. The first-order valence-electron chi connectivity index (χ1n) is 18.3. The molecule has 3 heterocycles. The first-order chi connectivity index (χ1) is 27.2. The lowest BCUT2D eigenvalue weighted by atomic mass is 9.97. The van der Waals surface area contributed by atoms with Crippen LogP contribution in [0.3, 0.4) is 0 Å². The van der Waals surface area contributed by atoms with E-state index in [-0.39, 0.29) is 0 Å². The Kier molecular flexibility index (Phi) is 6.61. The molecule has 0 bridgehead atoms. The quantitative estimate of drug-likeness (QED) is 0.184. The van der Waals surface area contributed by atoms with E-state index in [1.807, 2.05) is 42.5 Å². The monoisotopic (exact) mass is 699 g/mol. The molecule has 3 aromatic heterocycles. The van der Waals surface area contributed by atoms with Gasteiger partial charge in [-0.3, -0.25) is 0 Å². The van der Waals surface area contributed by atoms with Gasteiger partial charge in [-0.2, -0.15) is 10.5 Å².